The van der Waals surface area contributed by atoms with Crippen LogP contribution < -0.4 is 0 Å². The summed E-state index contributed by atoms with van der Waals surface area (Å²) in [4.78, 5) is 35.1. The van der Waals surface area contributed by atoms with Gasteiger partial charge in [-0.25, -0.2) is 4.31 Å². The van der Waals surface area contributed by atoms with Crippen LogP contribution in [0.1, 0.15) is 18.4 Å². The summed E-state index contributed by atoms with van der Waals surface area (Å²) in [6.45, 7) is 3.54. The number of piperazine rings is 1. The van der Waals surface area contributed by atoms with Crippen LogP contribution in [0, 0.1) is 0 Å². The van der Waals surface area contributed by atoms with E-state index in [2.05, 4.69) is 9.21 Å². The second-order valence-electron chi connectivity index (χ2n) is 10.2. The summed E-state index contributed by atoms with van der Waals surface area (Å²) in [5.41, 5.74) is 0.938. The van der Waals surface area contributed by atoms with Gasteiger partial charge in [0.25, 0.3) is 0 Å². The fraction of sp³-hybridized carbons (Fsp3) is 0.481. The maximum atomic E-state index is 14.2. The molecule has 3 saturated heterocycles. The Morgan fingerprint density at radius 3 is 2.39 bits per heavy atom. The molecule has 0 bridgehead atoms. The Labute approximate surface area is 242 Å². The van der Waals surface area contributed by atoms with Crippen molar-refractivity contribution in [2.45, 2.75) is 48.4 Å². The molecule has 7 nitrogen and oxygen atoms in total. The third kappa shape index (κ3) is 5.42. The molecule has 6 rings (SSSR count). The summed E-state index contributed by atoms with van der Waals surface area (Å²) < 4.78 is 7.81. The summed E-state index contributed by atoms with van der Waals surface area (Å²) in [7, 11) is 0. The molecule has 0 N–H and O–H groups in total. The molecule has 3 atom stereocenters. The topological polar surface area (TPSA) is 56.3 Å². The van der Waals surface area contributed by atoms with Crippen LogP contribution in [0.4, 0.5) is 0 Å². The first kappa shape index (κ1) is 26.7. The van der Waals surface area contributed by atoms with Crippen LogP contribution in [0.25, 0.3) is 0 Å². The summed E-state index contributed by atoms with van der Waals surface area (Å²) in [6, 6.07) is 12.3. The number of carbonyl (C=O) groups is 2. The summed E-state index contributed by atoms with van der Waals surface area (Å²) in [5, 5.41) is 1.76. The molecule has 3 aliphatic heterocycles. The number of benzene rings is 2. The summed E-state index contributed by atoms with van der Waals surface area (Å²) in [5.74, 6) is 0.0287. The van der Waals surface area contributed by atoms with E-state index in [0.29, 0.717) is 60.9 Å². The Bertz CT molecular complexity index is 1230. The summed E-state index contributed by atoms with van der Waals surface area (Å²) >= 11 is 20.6. The number of nitrogens with zero attached hydrogens (tertiary/aromatic N) is 4. The third-order valence-corrected chi connectivity index (χ3v) is 9.79. The molecule has 2 aromatic rings. The molecule has 11 heteroatoms. The van der Waals surface area contributed by atoms with E-state index in [1.807, 2.05) is 46.2 Å². The van der Waals surface area contributed by atoms with Crippen LogP contribution in [-0.2, 0) is 20.7 Å². The van der Waals surface area contributed by atoms with Gasteiger partial charge < -0.3 is 14.5 Å². The lowest BCUT2D eigenvalue weighted by Gasteiger charge is -2.55. The highest BCUT2D eigenvalue weighted by Crippen LogP contribution is 2.41. The molecule has 4 fully saturated rings. The highest BCUT2D eigenvalue weighted by molar-refractivity contribution is 7.97. The molecule has 2 aromatic carbocycles. The second kappa shape index (κ2) is 11.2. The second-order valence-corrected chi connectivity index (χ2v) is 12.6. The van der Waals surface area contributed by atoms with E-state index >= 15 is 0 Å². The number of morpholine rings is 1. The van der Waals surface area contributed by atoms with Crippen LogP contribution in [-0.4, -0.2) is 94.5 Å². The fourth-order valence-corrected chi connectivity index (χ4v) is 7.43. The lowest BCUT2D eigenvalue weighted by molar-refractivity contribution is -0.171. The van der Waals surface area contributed by atoms with Crippen LogP contribution in [0.2, 0.25) is 15.1 Å². The van der Waals surface area contributed by atoms with Gasteiger partial charge in [-0.3, -0.25) is 14.5 Å². The zero-order valence-corrected chi connectivity index (χ0v) is 23.9. The van der Waals surface area contributed by atoms with E-state index in [1.54, 1.807) is 6.07 Å². The van der Waals surface area contributed by atoms with Crippen molar-refractivity contribution >= 4 is 58.6 Å². The van der Waals surface area contributed by atoms with Crippen LogP contribution >= 0.6 is 46.8 Å². The Kier molecular flexibility index (Phi) is 7.84. The van der Waals surface area contributed by atoms with Gasteiger partial charge in [0.15, 0.2) is 0 Å². The van der Waals surface area contributed by atoms with Gasteiger partial charge in [0.05, 0.1) is 24.8 Å². The molecule has 0 aromatic heterocycles. The maximum Gasteiger partial charge on any atom is 0.246 e. The molecule has 1 saturated carbocycles. The highest BCUT2D eigenvalue weighted by Gasteiger charge is 2.54. The predicted molar refractivity (Wildman–Crippen MR) is 150 cm³/mol. The molecule has 0 radical (unpaired) electrons. The van der Waals surface area contributed by atoms with Gasteiger partial charge in [0.1, 0.15) is 18.2 Å². The van der Waals surface area contributed by atoms with Crippen molar-refractivity contribution in [3.05, 3.63) is 63.1 Å². The van der Waals surface area contributed by atoms with E-state index in [1.165, 1.54) is 11.9 Å². The van der Waals surface area contributed by atoms with Gasteiger partial charge in [0, 0.05) is 47.0 Å². The van der Waals surface area contributed by atoms with Gasteiger partial charge in [0.2, 0.25) is 11.8 Å². The molecule has 4 aliphatic rings. The lowest BCUT2D eigenvalue weighted by atomic mass is 9.96. The number of carbonyl (C=O) groups excluding carboxylic acids is 2. The first-order chi connectivity index (χ1) is 18.4. The average Bonchev–Trinajstić information content (AvgIpc) is 3.74. The van der Waals surface area contributed by atoms with Gasteiger partial charge in [-0.2, -0.15) is 0 Å². The molecule has 0 spiro atoms. The molecule has 2 amide bonds. The molecular formula is C27H29Cl3N4O3S. The average molecular weight is 596 g/mol. The van der Waals surface area contributed by atoms with Gasteiger partial charge in [-0.05, 0) is 60.7 Å². The number of ether oxygens (including phenoxy) is 1. The van der Waals surface area contributed by atoms with Crippen LogP contribution in [0.15, 0.2) is 47.4 Å². The van der Waals surface area contributed by atoms with Crippen molar-refractivity contribution in [3.8, 4) is 0 Å². The largest absolute Gasteiger partial charge is 0.379 e. The molecule has 1 aliphatic carbocycles. The fourth-order valence-electron chi connectivity index (χ4n) is 5.67. The van der Waals surface area contributed by atoms with Crippen molar-refractivity contribution in [1.82, 2.24) is 19.0 Å². The first-order valence-corrected chi connectivity index (χ1v) is 14.9. The zero-order chi connectivity index (χ0) is 26.4. The monoisotopic (exact) mass is 594 g/mol. The number of halogens is 3. The van der Waals surface area contributed by atoms with E-state index in [-0.39, 0.29) is 30.1 Å². The zero-order valence-electron chi connectivity index (χ0n) is 20.8. The number of fused-ring (bicyclic) bond motifs is 1. The van der Waals surface area contributed by atoms with Crippen molar-refractivity contribution in [2.75, 3.05) is 39.4 Å². The molecule has 38 heavy (non-hydrogen) atoms. The van der Waals surface area contributed by atoms with Crippen LogP contribution in [0.5, 0.6) is 0 Å². The first-order valence-electron chi connectivity index (χ1n) is 13.0. The van der Waals surface area contributed by atoms with E-state index in [0.717, 1.165) is 23.3 Å². The Morgan fingerprint density at radius 1 is 0.921 bits per heavy atom. The standard InChI is InChI=1S/C27H29Cl3N4O3S/c28-18-3-1-2-17(12-18)13-22-26(35)32(20-5-6-20)16-25-33(38-24-7-4-19(29)14-21(24)30)15-23(27(36)34(22)25)31-8-10-37-11-9-31/h1-4,7,12,14,20,22-23,25H,5-6,8-11,13,15-16H2. The Hall–Kier alpha value is -1.52. The molecule has 3 unspecified atom stereocenters. The van der Waals surface area contributed by atoms with E-state index in [9.17, 15) is 9.59 Å². The number of hydrogen-bond acceptors (Lipinski definition) is 6. The van der Waals surface area contributed by atoms with Gasteiger partial charge >= 0.3 is 0 Å². The number of rotatable bonds is 6. The van der Waals surface area contributed by atoms with Crippen molar-refractivity contribution in [2.24, 2.45) is 0 Å². The number of amides is 2. The number of hydrogen-bond donors (Lipinski definition) is 0. The van der Waals surface area contributed by atoms with E-state index in [4.69, 9.17) is 39.5 Å². The van der Waals surface area contributed by atoms with Gasteiger partial charge in [-0.1, -0.05) is 46.9 Å². The predicted octanol–water partition coefficient (Wildman–Crippen LogP) is 4.44. The Morgan fingerprint density at radius 2 is 1.68 bits per heavy atom. The van der Waals surface area contributed by atoms with E-state index < -0.39 is 6.04 Å². The maximum absolute atomic E-state index is 14.2. The summed E-state index contributed by atoms with van der Waals surface area (Å²) in [6.07, 6.45) is 2.14. The quantitative estimate of drug-likeness (QED) is 0.461. The minimum absolute atomic E-state index is 0.00628. The van der Waals surface area contributed by atoms with Crippen LogP contribution in [0.3, 0.4) is 0 Å². The third-order valence-electron chi connectivity index (χ3n) is 7.71. The molecular weight excluding hydrogens is 567 g/mol. The SMILES string of the molecule is O=C1C(Cc2cccc(Cl)c2)N2C(=O)C(N3CCOCC3)CN(Sc3ccc(Cl)cc3Cl)C2CN1C1CC1. The lowest BCUT2D eigenvalue weighted by Crippen LogP contribution is -2.74. The van der Waals surface area contributed by atoms with Gasteiger partial charge in [-0.15, -0.1) is 0 Å². The van der Waals surface area contributed by atoms with Crippen molar-refractivity contribution in [1.29, 1.82) is 0 Å². The highest BCUT2D eigenvalue weighted by atomic mass is 35.5. The Balaban J connectivity index is 1.38. The van der Waals surface area contributed by atoms with Crippen molar-refractivity contribution in [3.63, 3.8) is 0 Å². The normalized spacial score (nSPS) is 27.1. The molecule has 3 heterocycles. The van der Waals surface area contributed by atoms with Crippen molar-refractivity contribution < 1.29 is 14.3 Å². The minimum Gasteiger partial charge on any atom is -0.379 e. The minimum atomic E-state index is -0.604. The smallest absolute Gasteiger partial charge is 0.246 e. The molecule has 202 valence electrons.